The maximum Gasteiger partial charge on any atom is 0.186 e. The second-order valence-electron chi connectivity index (χ2n) is 3.94. The zero-order valence-electron chi connectivity index (χ0n) is 9.87. The largest absolute Gasteiger partial charge is 0.378 e. The van der Waals surface area contributed by atoms with Crippen LogP contribution < -0.4 is 10.6 Å². The van der Waals surface area contributed by atoms with E-state index in [4.69, 9.17) is 4.74 Å². The van der Waals surface area contributed by atoms with Gasteiger partial charge in [-0.15, -0.1) is 0 Å². The van der Waals surface area contributed by atoms with Crippen molar-refractivity contribution in [3.8, 4) is 0 Å². The molecule has 6 heteroatoms. The van der Waals surface area contributed by atoms with Crippen LogP contribution in [0.3, 0.4) is 0 Å². The number of rotatable bonds is 4. The first-order valence-electron chi connectivity index (χ1n) is 5.85. The van der Waals surface area contributed by atoms with Gasteiger partial charge >= 0.3 is 0 Å². The molecule has 1 saturated heterocycles. The predicted octanol–water partition coefficient (Wildman–Crippen LogP) is 0.578. The number of ether oxygens (including phenoxy) is 1. The van der Waals surface area contributed by atoms with Crippen LogP contribution in [0.2, 0.25) is 0 Å². The van der Waals surface area contributed by atoms with Crippen LogP contribution in [-0.2, 0) is 11.2 Å². The van der Waals surface area contributed by atoms with Crippen LogP contribution in [0, 0.1) is 5.82 Å². The fourth-order valence-electron chi connectivity index (χ4n) is 1.75. The van der Waals surface area contributed by atoms with E-state index in [1.165, 1.54) is 6.33 Å². The molecule has 0 radical (unpaired) electrons. The molecule has 1 fully saturated rings. The molecule has 0 aromatic carbocycles. The van der Waals surface area contributed by atoms with E-state index in [1.54, 1.807) is 0 Å². The summed E-state index contributed by atoms with van der Waals surface area (Å²) in [5.41, 5.74) is 0.440. The first kappa shape index (κ1) is 12.2. The standard InChI is InChI=1S/C11H17FN4O/c1-2-9-10(12)11(16-7-15-9)14-5-8-6-17-4-3-13-8/h7-8,13H,2-6H2,1H3,(H,14,15,16). The lowest BCUT2D eigenvalue weighted by atomic mass is 10.2. The Morgan fingerprint density at radius 3 is 3.18 bits per heavy atom. The maximum atomic E-state index is 13.8. The van der Waals surface area contributed by atoms with E-state index in [0.717, 1.165) is 13.2 Å². The molecule has 2 rings (SSSR count). The molecule has 0 bridgehead atoms. The van der Waals surface area contributed by atoms with Gasteiger partial charge in [-0.1, -0.05) is 6.92 Å². The number of nitrogens with one attached hydrogen (secondary N) is 2. The average molecular weight is 240 g/mol. The van der Waals surface area contributed by atoms with Gasteiger partial charge in [0.05, 0.1) is 18.9 Å². The molecule has 1 aliphatic rings. The minimum absolute atomic E-state index is 0.197. The van der Waals surface area contributed by atoms with Crippen LogP contribution in [0.1, 0.15) is 12.6 Å². The quantitative estimate of drug-likeness (QED) is 0.806. The molecule has 1 unspecified atom stereocenters. The van der Waals surface area contributed by atoms with Crippen LogP contribution in [0.5, 0.6) is 0 Å². The van der Waals surface area contributed by atoms with Crippen molar-refractivity contribution < 1.29 is 9.13 Å². The molecular formula is C11H17FN4O. The third-order valence-electron chi connectivity index (χ3n) is 2.71. The molecule has 1 aromatic heterocycles. The molecule has 17 heavy (non-hydrogen) atoms. The summed E-state index contributed by atoms with van der Waals surface area (Å²) in [6.07, 6.45) is 1.95. The lowest BCUT2D eigenvalue weighted by molar-refractivity contribution is 0.0806. The summed E-state index contributed by atoms with van der Waals surface area (Å²) >= 11 is 0. The topological polar surface area (TPSA) is 59.1 Å². The summed E-state index contributed by atoms with van der Waals surface area (Å²) in [7, 11) is 0. The molecule has 0 aliphatic carbocycles. The Balaban J connectivity index is 1.93. The van der Waals surface area contributed by atoms with Crippen LogP contribution >= 0.6 is 0 Å². The molecule has 0 spiro atoms. The number of nitrogens with zero attached hydrogens (tertiary/aromatic N) is 2. The van der Waals surface area contributed by atoms with Crippen molar-refractivity contribution in [1.82, 2.24) is 15.3 Å². The van der Waals surface area contributed by atoms with Gasteiger partial charge in [0.1, 0.15) is 6.33 Å². The lowest BCUT2D eigenvalue weighted by Gasteiger charge is -2.24. The highest BCUT2D eigenvalue weighted by atomic mass is 19.1. The molecule has 1 atom stereocenters. The highest BCUT2D eigenvalue weighted by Gasteiger charge is 2.14. The fraction of sp³-hybridized carbons (Fsp3) is 0.636. The van der Waals surface area contributed by atoms with E-state index in [-0.39, 0.29) is 17.7 Å². The van der Waals surface area contributed by atoms with E-state index in [2.05, 4.69) is 20.6 Å². The van der Waals surface area contributed by atoms with E-state index in [9.17, 15) is 4.39 Å². The summed E-state index contributed by atoms with van der Waals surface area (Å²) in [6.45, 7) is 4.67. The number of halogens is 1. The molecule has 1 aliphatic heterocycles. The Hall–Kier alpha value is -1.27. The second kappa shape index (κ2) is 5.88. The summed E-state index contributed by atoms with van der Waals surface area (Å²) in [6, 6.07) is 0.197. The van der Waals surface area contributed by atoms with E-state index in [0.29, 0.717) is 25.3 Å². The molecule has 0 amide bonds. The summed E-state index contributed by atoms with van der Waals surface area (Å²) in [4.78, 5) is 7.79. The number of morpholine rings is 1. The van der Waals surface area contributed by atoms with Crippen molar-refractivity contribution >= 4 is 5.82 Å². The van der Waals surface area contributed by atoms with Gasteiger partial charge in [0.2, 0.25) is 0 Å². The molecule has 2 heterocycles. The van der Waals surface area contributed by atoms with E-state index >= 15 is 0 Å². The third-order valence-corrected chi connectivity index (χ3v) is 2.71. The summed E-state index contributed by atoms with van der Waals surface area (Å²) < 4.78 is 19.1. The van der Waals surface area contributed by atoms with Crippen molar-refractivity contribution in [2.45, 2.75) is 19.4 Å². The van der Waals surface area contributed by atoms with Gasteiger partial charge in [0.25, 0.3) is 0 Å². The van der Waals surface area contributed by atoms with Crippen molar-refractivity contribution in [3.63, 3.8) is 0 Å². The van der Waals surface area contributed by atoms with Crippen molar-refractivity contribution in [2.75, 3.05) is 31.6 Å². The number of anilines is 1. The van der Waals surface area contributed by atoms with E-state index in [1.807, 2.05) is 6.92 Å². The number of aryl methyl sites for hydroxylation is 1. The highest BCUT2D eigenvalue weighted by Crippen LogP contribution is 2.13. The summed E-state index contributed by atoms with van der Waals surface area (Å²) in [5.74, 6) is -0.0871. The molecule has 1 aromatic rings. The Morgan fingerprint density at radius 1 is 1.59 bits per heavy atom. The van der Waals surface area contributed by atoms with Gasteiger partial charge in [-0.05, 0) is 6.42 Å². The minimum atomic E-state index is -0.355. The van der Waals surface area contributed by atoms with Gasteiger partial charge in [-0.25, -0.2) is 14.4 Å². The Morgan fingerprint density at radius 2 is 2.47 bits per heavy atom. The van der Waals surface area contributed by atoms with Crippen molar-refractivity contribution in [1.29, 1.82) is 0 Å². The Kier molecular flexibility index (Phi) is 4.22. The molecule has 94 valence electrons. The molecular weight excluding hydrogens is 223 g/mol. The van der Waals surface area contributed by atoms with Gasteiger partial charge in [0.15, 0.2) is 11.6 Å². The monoisotopic (exact) mass is 240 g/mol. The smallest absolute Gasteiger partial charge is 0.186 e. The molecule has 5 nitrogen and oxygen atoms in total. The number of hydrogen-bond acceptors (Lipinski definition) is 5. The molecule has 2 N–H and O–H groups in total. The SMILES string of the molecule is CCc1ncnc(NCC2COCCN2)c1F. The van der Waals surface area contributed by atoms with Gasteiger partial charge < -0.3 is 15.4 Å². The normalized spacial score (nSPS) is 20.2. The van der Waals surface area contributed by atoms with Gasteiger partial charge in [-0.3, -0.25) is 0 Å². The summed E-state index contributed by atoms with van der Waals surface area (Å²) in [5, 5.41) is 6.27. The zero-order valence-corrected chi connectivity index (χ0v) is 9.87. The predicted molar refractivity (Wildman–Crippen MR) is 62.5 cm³/mol. The highest BCUT2D eigenvalue weighted by molar-refractivity contribution is 5.37. The third kappa shape index (κ3) is 3.10. The van der Waals surface area contributed by atoms with E-state index < -0.39 is 0 Å². The van der Waals surface area contributed by atoms with Crippen LogP contribution in [-0.4, -0.2) is 42.3 Å². The minimum Gasteiger partial charge on any atom is -0.378 e. The Labute approximate surface area is 99.8 Å². The van der Waals surface area contributed by atoms with Gasteiger partial charge in [0, 0.05) is 19.1 Å². The number of hydrogen-bond donors (Lipinski definition) is 2. The lowest BCUT2D eigenvalue weighted by Crippen LogP contribution is -2.45. The molecule has 0 saturated carbocycles. The fourth-order valence-corrected chi connectivity index (χ4v) is 1.75. The van der Waals surface area contributed by atoms with Crippen LogP contribution in [0.25, 0.3) is 0 Å². The zero-order chi connectivity index (χ0) is 12.1. The second-order valence-corrected chi connectivity index (χ2v) is 3.94. The van der Waals surface area contributed by atoms with Crippen LogP contribution in [0.4, 0.5) is 10.2 Å². The maximum absolute atomic E-state index is 13.8. The van der Waals surface area contributed by atoms with Crippen molar-refractivity contribution in [3.05, 3.63) is 17.8 Å². The Bertz CT molecular complexity index is 368. The average Bonchev–Trinajstić information content (AvgIpc) is 2.39. The first-order chi connectivity index (χ1) is 8.31. The van der Waals surface area contributed by atoms with Crippen molar-refractivity contribution in [2.24, 2.45) is 0 Å². The number of aromatic nitrogens is 2. The van der Waals surface area contributed by atoms with Crippen LogP contribution in [0.15, 0.2) is 6.33 Å². The van der Waals surface area contributed by atoms with Gasteiger partial charge in [-0.2, -0.15) is 0 Å². The first-order valence-corrected chi connectivity index (χ1v) is 5.85.